The van der Waals surface area contributed by atoms with E-state index in [1.165, 1.54) is 0 Å². The molecule has 0 atom stereocenters. The molecule has 3 nitrogen and oxygen atoms in total. The summed E-state index contributed by atoms with van der Waals surface area (Å²) in [5.74, 6) is 0.586. The first-order valence-corrected chi connectivity index (χ1v) is 7.14. The number of carbonyl (C=O) groups is 1. The van der Waals surface area contributed by atoms with E-state index in [4.69, 9.17) is 16.3 Å². The molecule has 0 saturated heterocycles. The highest BCUT2D eigenvalue weighted by Gasteiger charge is 2.11. The Morgan fingerprint density at radius 3 is 2.75 bits per heavy atom. The summed E-state index contributed by atoms with van der Waals surface area (Å²) in [7, 11) is 1.61. The average molecular weight is 355 g/mol. The predicted molar refractivity (Wildman–Crippen MR) is 83.3 cm³/mol. The minimum absolute atomic E-state index is 0.167. The standard InChI is InChI=1S/C15H13BrClNO2/c1-20-14-5-3-2-4-10(14)9-18-15(19)12-7-6-11(17)8-13(12)16/h2-8H,9H2,1H3,(H,18,19). The molecule has 0 aliphatic rings. The van der Waals surface area contributed by atoms with Crippen LogP contribution in [0.25, 0.3) is 0 Å². The third-order valence-corrected chi connectivity index (χ3v) is 3.70. The van der Waals surface area contributed by atoms with E-state index in [0.29, 0.717) is 21.6 Å². The van der Waals surface area contributed by atoms with Gasteiger partial charge in [0, 0.05) is 21.6 Å². The number of ether oxygens (including phenoxy) is 1. The van der Waals surface area contributed by atoms with Gasteiger partial charge in [-0.2, -0.15) is 0 Å². The van der Waals surface area contributed by atoms with Crippen LogP contribution in [0.2, 0.25) is 5.02 Å². The van der Waals surface area contributed by atoms with E-state index in [1.54, 1.807) is 25.3 Å². The lowest BCUT2D eigenvalue weighted by atomic mass is 10.1. The number of hydrogen-bond acceptors (Lipinski definition) is 2. The van der Waals surface area contributed by atoms with Crippen LogP contribution in [0.1, 0.15) is 15.9 Å². The van der Waals surface area contributed by atoms with Crippen molar-refractivity contribution in [1.29, 1.82) is 0 Å². The second-order valence-corrected chi connectivity index (χ2v) is 5.41. The van der Waals surface area contributed by atoms with E-state index in [0.717, 1.165) is 11.3 Å². The van der Waals surface area contributed by atoms with Crippen molar-refractivity contribution >= 4 is 33.4 Å². The fourth-order valence-corrected chi connectivity index (χ4v) is 2.66. The van der Waals surface area contributed by atoms with Crippen LogP contribution < -0.4 is 10.1 Å². The zero-order valence-electron chi connectivity index (χ0n) is 10.8. The Morgan fingerprint density at radius 2 is 2.05 bits per heavy atom. The second-order valence-electron chi connectivity index (χ2n) is 4.12. The molecule has 0 radical (unpaired) electrons. The summed E-state index contributed by atoms with van der Waals surface area (Å²) >= 11 is 9.19. The molecule has 2 aromatic carbocycles. The third kappa shape index (κ3) is 3.52. The van der Waals surface area contributed by atoms with Crippen molar-refractivity contribution < 1.29 is 9.53 Å². The molecule has 104 valence electrons. The van der Waals surface area contributed by atoms with Crippen molar-refractivity contribution in [2.75, 3.05) is 7.11 Å². The first kappa shape index (κ1) is 14.9. The number of para-hydroxylation sites is 1. The zero-order chi connectivity index (χ0) is 14.5. The van der Waals surface area contributed by atoms with Crippen LogP contribution in [0.3, 0.4) is 0 Å². The summed E-state index contributed by atoms with van der Waals surface area (Å²) in [5.41, 5.74) is 1.47. The molecule has 0 bridgehead atoms. The Labute approximate surface area is 131 Å². The van der Waals surface area contributed by atoms with Gasteiger partial charge in [-0.15, -0.1) is 0 Å². The van der Waals surface area contributed by atoms with Crippen LogP contribution in [-0.2, 0) is 6.54 Å². The van der Waals surface area contributed by atoms with Crippen molar-refractivity contribution in [2.24, 2.45) is 0 Å². The Kier molecular flexibility index (Phi) is 5.04. The number of amides is 1. The minimum Gasteiger partial charge on any atom is -0.496 e. The van der Waals surface area contributed by atoms with Gasteiger partial charge in [0.2, 0.25) is 0 Å². The fourth-order valence-electron chi connectivity index (χ4n) is 1.79. The zero-order valence-corrected chi connectivity index (χ0v) is 13.2. The molecule has 0 aliphatic heterocycles. The molecule has 2 aromatic rings. The van der Waals surface area contributed by atoms with Gasteiger partial charge in [0.15, 0.2) is 0 Å². The molecule has 1 amide bonds. The highest BCUT2D eigenvalue weighted by atomic mass is 79.9. The quantitative estimate of drug-likeness (QED) is 0.900. The first-order valence-electron chi connectivity index (χ1n) is 5.97. The number of benzene rings is 2. The minimum atomic E-state index is -0.167. The van der Waals surface area contributed by atoms with Crippen molar-refractivity contribution in [3.05, 3.63) is 63.1 Å². The van der Waals surface area contributed by atoms with Gasteiger partial charge in [-0.1, -0.05) is 29.8 Å². The van der Waals surface area contributed by atoms with Crippen molar-refractivity contribution in [1.82, 2.24) is 5.32 Å². The van der Waals surface area contributed by atoms with Crippen LogP contribution in [0.5, 0.6) is 5.75 Å². The molecular weight excluding hydrogens is 342 g/mol. The van der Waals surface area contributed by atoms with Crippen LogP contribution in [0.15, 0.2) is 46.9 Å². The number of nitrogens with one attached hydrogen (secondary N) is 1. The molecule has 1 N–H and O–H groups in total. The lowest BCUT2D eigenvalue weighted by Crippen LogP contribution is -2.23. The molecule has 0 aromatic heterocycles. The molecular formula is C15H13BrClNO2. The van der Waals surface area contributed by atoms with E-state index < -0.39 is 0 Å². The number of rotatable bonds is 4. The molecule has 0 heterocycles. The van der Waals surface area contributed by atoms with E-state index in [2.05, 4.69) is 21.2 Å². The van der Waals surface area contributed by atoms with E-state index >= 15 is 0 Å². The Morgan fingerprint density at radius 1 is 1.30 bits per heavy atom. The average Bonchev–Trinajstić information content (AvgIpc) is 2.45. The maximum atomic E-state index is 12.1. The van der Waals surface area contributed by atoms with E-state index in [-0.39, 0.29) is 5.91 Å². The van der Waals surface area contributed by atoms with Gasteiger partial charge in [0.05, 0.1) is 12.7 Å². The Hall–Kier alpha value is -1.52. The molecule has 2 rings (SSSR count). The van der Waals surface area contributed by atoms with Crippen LogP contribution in [-0.4, -0.2) is 13.0 Å². The van der Waals surface area contributed by atoms with E-state index in [9.17, 15) is 4.79 Å². The molecule has 0 spiro atoms. The molecule has 0 unspecified atom stereocenters. The topological polar surface area (TPSA) is 38.3 Å². The van der Waals surface area contributed by atoms with E-state index in [1.807, 2.05) is 24.3 Å². The number of hydrogen-bond donors (Lipinski definition) is 1. The lowest BCUT2D eigenvalue weighted by Gasteiger charge is -2.10. The van der Waals surface area contributed by atoms with Gasteiger partial charge in [-0.25, -0.2) is 0 Å². The van der Waals surface area contributed by atoms with Crippen LogP contribution in [0.4, 0.5) is 0 Å². The van der Waals surface area contributed by atoms with Crippen molar-refractivity contribution in [3.8, 4) is 5.75 Å². The molecule has 0 saturated carbocycles. The van der Waals surface area contributed by atoms with Gasteiger partial charge in [0.1, 0.15) is 5.75 Å². The maximum Gasteiger partial charge on any atom is 0.252 e. The van der Waals surface area contributed by atoms with Gasteiger partial charge in [0.25, 0.3) is 5.91 Å². The molecule has 5 heteroatoms. The van der Waals surface area contributed by atoms with Gasteiger partial charge in [-0.05, 0) is 40.2 Å². The largest absolute Gasteiger partial charge is 0.496 e. The lowest BCUT2D eigenvalue weighted by molar-refractivity contribution is 0.0950. The summed E-state index contributed by atoms with van der Waals surface area (Å²) in [6.07, 6.45) is 0. The maximum absolute atomic E-state index is 12.1. The monoisotopic (exact) mass is 353 g/mol. The molecule has 0 aliphatic carbocycles. The molecule has 0 fully saturated rings. The summed E-state index contributed by atoms with van der Waals surface area (Å²) < 4.78 is 5.91. The van der Waals surface area contributed by atoms with Gasteiger partial charge < -0.3 is 10.1 Å². The van der Waals surface area contributed by atoms with Crippen molar-refractivity contribution in [3.63, 3.8) is 0 Å². The fraction of sp³-hybridized carbons (Fsp3) is 0.133. The highest BCUT2D eigenvalue weighted by molar-refractivity contribution is 9.10. The number of methoxy groups -OCH3 is 1. The third-order valence-electron chi connectivity index (χ3n) is 2.81. The highest BCUT2D eigenvalue weighted by Crippen LogP contribution is 2.22. The SMILES string of the molecule is COc1ccccc1CNC(=O)c1ccc(Cl)cc1Br. The summed E-state index contributed by atoms with van der Waals surface area (Å²) in [6.45, 7) is 0.401. The van der Waals surface area contributed by atoms with Gasteiger partial charge >= 0.3 is 0 Å². The smallest absolute Gasteiger partial charge is 0.252 e. The Balaban J connectivity index is 2.09. The first-order chi connectivity index (χ1) is 9.61. The van der Waals surface area contributed by atoms with Gasteiger partial charge in [-0.3, -0.25) is 4.79 Å². The molecule has 20 heavy (non-hydrogen) atoms. The van der Waals surface area contributed by atoms with Crippen LogP contribution in [0, 0.1) is 0 Å². The second kappa shape index (κ2) is 6.77. The number of halogens is 2. The summed E-state index contributed by atoms with van der Waals surface area (Å²) in [5, 5.41) is 3.44. The summed E-state index contributed by atoms with van der Waals surface area (Å²) in [4.78, 5) is 12.1. The van der Waals surface area contributed by atoms with Crippen LogP contribution >= 0.6 is 27.5 Å². The van der Waals surface area contributed by atoms with Crippen molar-refractivity contribution in [2.45, 2.75) is 6.54 Å². The number of carbonyl (C=O) groups excluding carboxylic acids is 1. The summed E-state index contributed by atoms with van der Waals surface area (Å²) in [6, 6.07) is 12.6. The normalized spacial score (nSPS) is 10.2. The Bertz CT molecular complexity index is 631. The predicted octanol–water partition coefficient (Wildman–Crippen LogP) is 4.04.